The summed E-state index contributed by atoms with van der Waals surface area (Å²) in [5.74, 6) is -2.42. The van der Waals surface area contributed by atoms with Crippen LogP contribution in [-0.2, 0) is 32.5 Å². The van der Waals surface area contributed by atoms with E-state index in [-0.39, 0.29) is 18.5 Å². The first-order valence-electron chi connectivity index (χ1n) is 6.70. The highest BCUT2D eigenvalue weighted by atomic mass is 28.4. The van der Waals surface area contributed by atoms with E-state index in [2.05, 4.69) is 5.32 Å². The maximum atomic E-state index is 11.3. The van der Waals surface area contributed by atoms with Crippen molar-refractivity contribution in [2.24, 2.45) is 0 Å². The van der Waals surface area contributed by atoms with Crippen LogP contribution in [0.25, 0.3) is 0 Å². The molecule has 124 valence electrons. The first kappa shape index (κ1) is 19.8. The van der Waals surface area contributed by atoms with Gasteiger partial charge in [0, 0.05) is 27.3 Å². The van der Waals surface area contributed by atoms with Crippen molar-refractivity contribution >= 4 is 32.6 Å². The topological polar surface area (TPSA) is 108 Å². The van der Waals surface area contributed by atoms with Gasteiger partial charge in [-0.2, -0.15) is 0 Å². The van der Waals surface area contributed by atoms with Crippen LogP contribution in [-0.4, -0.2) is 39.2 Å². The van der Waals surface area contributed by atoms with Gasteiger partial charge in [0.15, 0.2) is 0 Å². The monoisotopic (exact) mass is 331 g/mol. The molecule has 0 rings (SSSR count). The number of hydrogen-bond donors (Lipinski definition) is 1. The van der Waals surface area contributed by atoms with E-state index in [1.54, 1.807) is 13.0 Å². The van der Waals surface area contributed by atoms with Crippen LogP contribution in [0.5, 0.6) is 0 Å². The molecule has 0 spiro atoms. The lowest BCUT2D eigenvalue weighted by atomic mass is 10.4. The molecule has 0 atom stereocenters. The predicted octanol–water partition coefficient (Wildman–Crippen LogP) is 0.697. The van der Waals surface area contributed by atoms with Crippen LogP contribution in [0.2, 0.25) is 6.04 Å². The molecule has 0 unspecified atom stereocenters. The highest BCUT2D eigenvalue weighted by Crippen LogP contribution is 2.19. The fraction of sp³-hybridized carbons (Fsp3) is 0.538. The zero-order valence-corrected chi connectivity index (χ0v) is 14.1. The van der Waals surface area contributed by atoms with Gasteiger partial charge in [0.05, 0.1) is 6.04 Å². The van der Waals surface area contributed by atoms with Crippen LogP contribution in [0.4, 0.5) is 0 Å². The molecule has 0 heterocycles. The maximum absolute atomic E-state index is 11.3. The number of nitrogens with one attached hydrogen (secondary N) is 1. The summed E-state index contributed by atoms with van der Waals surface area (Å²) < 4.78 is 15.0. The number of rotatable bonds is 8. The number of hydrogen-bond acceptors (Lipinski definition) is 7. The van der Waals surface area contributed by atoms with E-state index >= 15 is 0 Å². The van der Waals surface area contributed by atoms with Crippen LogP contribution in [0.15, 0.2) is 12.2 Å². The Balaban J connectivity index is 4.80. The minimum absolute atomic E-state index is 0.0296. The van der Waals surface area contributed by atoms with Gasteiger partial charge >= 0.3 is 8.80 Å². The lowest BCUT2D eigenvalue weighted by molar-refractivity contribution is -0.147. The molecule has 0 aliphatic carbocycles. The molecule has 1 N–H and O–H groups in total. The molecule has 0 aliphatic heterocycles. The summed E-state index contributed by atoms with van der Waals surface area (Å²) in [7, 11) is -3.79. The molecular formula is C13H21NO7Si. The fourth-order valence-electron chi connectivity index (χ4n) is 1.60. The third-order valence-electron chi connectivity index (χ3n) is 2.17. The lowest BCUT2D eigenvalue weighted by Gasteiger charge is -2.26. The zero-order valence-electron chi connectivity index (χ0n) is 13.1. The Bertz CT molecular complexity index is 421. The Morgan fingerprint density at radius 3 is 1.77 bits per heavy atom. The number of allylic oxidation sites excluding steroid dienone is 1. The van der Waals surface area contributed by atoms with Crippen LogP contribution in [0.1, 0.15) is 34.1 Å². The van der Waals surface area contributed by atoms with Gasteiger partial charge in [0.25, 0.3) is 17.9 Å². The molecule has 0 saturated heterocycles. The Morgan fingerprint density at radius 2 is 1.41 bits per heavy atom. The molecule has 1 amide bonds. The molecule has 9 heteroatoms. The molecule has 0 radical (unpaired) electrons. The summed E-state index contributed by atoms with van der Waals surface area (Å²) in [6.45, 7) is 5.34. The van der Waals surface area contributed by atoms with E-state index in [1.165, 1.54) is 6.08 Å². The van der Waals surface area contributed by atoms with Gasteiger partial charge in [-0.05, 0) is 19.4 Å². The summed E-state index contributed by atoms with van der Waals surface area (Å²) in [6, 6.07) is 0.0296. The van der Waals surface area contributed by atoms with Crippen molar-refractivity contribution < 1.29 is 32.5 Å². The molecule has 0 fully saturated rings. The molecule has 0 bridgehead atoms. The molecule has 0 aromatic heterocycles. The average Bonchev–Trinajstić information content (AvgIpc) is 2.32. The van der Waals surface area contributed by atoms with E-state index in [1.807, 2.05) is 0 Å². The molecule has 0 aliphatic rings. The normalized spacial score (nSPS) is 10.9. The minimum atomic E-state index is -3.79. The second-order valence-electron chi connectivity index (χ2n) is 4.36. The molecule has 22 heavy (non-hydrogen) atoms. The van der Waals surface area contributed by atoms with Crippen molar-refractivity contribution in [1.82, 2.24) is 5.32 Å². The van der Waals surface area contributed by atoms with Crippen molar-refractivity contribution in [2.45, 2.75) is 40.2 Å². The standard InChI is InChI=1S/C13H21NO7Si/c1-5-7-13(18)14-8-6-9-22(19-10(2)15,20-11(3)16)21-12(4)17/h5,7H,6,8-9H2,1-4H3,(H,14,18). The third kappa shape index (κ3) is 8.90. The van der Waals surface area contributed by atoms with Gasteiger partial charge in [-0.25, -0.2) is 0 Å². The molecular weight excluding hydrogens is 310 g/mol. The highest BCUT2D eigenvalue weighted by molar-refractivity contribution is 6.65. The van der Waals surface area contributed by atoms with Crippen LogP contribution in [0.3, 0.4) is 0 Å². The Kier molecular flexibility index (Phi) is 8.76. The summed E-state index contributed by atoms with van der Waals surface area (Å²) >= 11 is 0. The quantitative estimate of drug-likeness (QED) is 0.396. The first-order valence-corrected chi connectivity index (χ1v) is 8.63. The first-order chi connectivity index (χ1) is 10.2. The second-order valence-corrected chi connectivity index (χ2v) is 6.84. The van der Waals surface area contributed by atoms with Gasteiger partial charge < -0.3 is 18.6 Å². The predicted molar refractivity (Wildman–Crippen MR) is 78.3 cm³/mol. The van der Waals surface area contributed by atoms with Gasteiger partial charge in [0.2, 0.25) is 5.91 Å². The third-order valence-corrected chi connectivity index (χ3v) is 4.94. The van der Waals surface area contributed by atoms with Crippen LogP contribution in [0, 0.1) is 0 Å². The average molecular weight is 331 g/mol. The molecule has 0 aromatic carbocycles. The summed E-state index contributed by atoms with van der Waals surface area (Å²) in [4.78, 5) is 44.9. The van der Waals surface area contributed by atoms with Gasteiger partial charge in [-0.15, -0.1) is 0 Å². The van der Waals surface area contributed by atoms with Crippen molar-refractivity contribution in [3.63, 3.8) is 0 Å². The number of carbonyl (C=O) groups is 4. The van der Waals surface area contributed by atoms with E-state index in [0.29, 0.717) is 6.42 Å². The van der Waals surface area contributed by atoms with Crippen molar-refractivity contribution in [3.8, 4) is 0 Å². The smallest absolute Gasteiger partial charge is 0.455 e. The van der Waals surface area contributed by atoms with Crippen LogP contribution < -0.4 is 5.32 Å². The summed E-state index contributed by atoms with van der Waals surface area (Å²) in [5, 5.41) is 2.59. The van der Waals surface area contributed by atoms with Crippen molar-refractivity contribution in [1.29, 1.82) is 0 Å². The fourth-order valence-corrected chi connectivity index (χ4v) is 3.95. The molecule has 0 aromatic rings. The lowest BCUT2D eigenvalue weighted by Crippen LogP contribution is -2.49. The minimum Gasteiger partial charge on any atom is -0.455 e. The van der Waals surface area contributed by atoms with Crippen molar-refractivity contribution in [3.05, 3.63) is 12.2 Å². The van der Waals surface area contributed by atoms with Crippen molar-refractivity contribution in [2.75, 3.05) is 6.54 Å². The SMILES string of the molecule is CC=CC(=O)NCCC[Si](OC(C)=O)(OC(C)=O)OC(C)=O. The molecule has 0 saturated carbocycles. The van der Waals surface area contributed by atoms with Crippen LogP contribution >= 0.6 is 0 Å². The van der Waals surface area contributed by atoms with Gasteiger partial charge in [-0.1, -0.05) is 6.08 Å². The van der Waals surface area contributed by atoms with E-state index < -0.39 is 26.7 Å². The Labute approximate surface area is 130 Å². The summed E-state index contributed by atoms with van der Waals surface area (Å²) in [6.07, 6.45) is 3.25. The van der Waals surface area contributed by atoms with E-state index in [0.717, 1.165) is 20.8 Å². The maximum Gasteiger partial charge on any atom is 0.705 e. The van der Waals surface area contributed by atoms with Gasteiger partial charge in [0.1, 0.15) is 0 Å². The van der Waals surface area contributed by atoms with E-state index in [9.17, 15) is 19.2 Å². The van der Waals surface area contributed by atoms with E-state index in [4.69, 9.17) is 13.3 Å². The van der Waals surface area contributed by atoms with Gasteiger partial charge in [-0.3, -0.25) is 19.2 Å². The Hall–Kier alpha value is -2.16. The Morgan fingerprint density at radius 1 is 0.955 bits per heavy atom. The largest absolute Gasteiger partial charge is 0.705 e. The number of amides is 1. The second kappa shape index (κ2) is 9.72. The molecule has 8 nitrogen and oxygen atoms in total. The number of carbonyl (C=O) groups excluding carboxylic acids is 4. The highest BCUT2D eigenvalue weighted by Gasteiger charge is 2.51. The zero-order chi connectivity index (χ0) is 17.2. The summed E-state index contributed by atoms with van der Waals surface area (Å²) in [5.41, 5.74) is 0.